The van der Waals surface area contributed by atoms with E-state index in [4.69, 9.17) is 23.2 Å². The molecule has 1 saturated heterocycles. The molecule has 5 nitrogen and oxygen atoms in total. The Morgan fingerprint density at radius 1 is 1.13 bits per heavy atom. The van der Waals surface area contributed by atoms with Crippen LogP contribution in [0.1, 0.15) is 42.4 Å². The zero-order chi connectivity index (χ0) is 21.6. The van der Waals surface area contributed by atoms with E-state index in [-0.39, 0.29) is 33.1 Å². The number of piperidine rings is 1. The van der Waals surface area contributed by atoms with Gasteiger partial charge < -0.3 is 4.90 Å². The fourth-order valence-electron chi connectivity index (χ4n) is 3.63. The number of likely N-dealkylation sites (tertiary alicyclic amines) is 1. The number of fused-ring (bicyclic) bond motifs is 1. The van der Waals surface area contributed by atoms with Crippen molar-refractivity contribution in [2.24, 2.45) is 0 Å². The van der Waals surface area contributed by atoms with Gasteiger partial charge in [-0.2, -0.15) is 18.3 Å². The van der Waals surface area contributed by atoms with E-state index in [1.54, 1.807) is 4.90 Å². The third-order valence-corrected chi connectivity index (χ3v) is 5.95. The van der Waals surface area contributed by atoms with Crippen molar-refractivity contribution >= 4 is 34.8 Å². The molecule has 0 N–H and O–H groups in total. The minimum absolute atomic E-state index is 0.0119. The summed E-state index contributed by atoms with van der Waals surface area (Å²) in [5.74, 6) is -0.392. The van der Waals surface area contributed by atoms with Crippen LogP contribution < -0.4 is 0 Å². The zero-order valence-electron chi connectivity index (χ0n) is 15.9. The predicted molar refractivity (Wildman–Crippen MR) is 108 cm³/mol. The summed E-state index contributed by atoms with van der Waals surface area (Å²) in [6.45, 7) is 2.48. The third-order valence-electron chi connectivity index (χ3n) is 5.22. The fourth-order valence-corrected chi connectivity index (χ4v) is 3.93. The van der Waals surface area contributed by atoms with E-state index >= 15 is 0 Å². The summed E-state index contributed by atoms with van der Waals surface area (Å²) in [4.78, 5) is 18.8. The second-order valence-corrected chi connectivity index (χ2v) is 8.11. The first kappa shape index (κ1) is 20.9. The summed E-state index contributed by atoms with van der Waals surface area (Å²) < 4.78 is 41.9. The molecule has 1 atom stereocenters. The Labute approximate surface area is 180 Å². The van der Waals surface area contributed by atoms with Crippen molar-refractivity contribution in [2.45, 2.75) is 38.4 Å². The Morgan fingerprint density at radius 3 is 2.57 bits per heavy atom. The summed E-state index contributed by atoms with van der Waals surface area (Å²) in [7, 11) is 0. The van der Waals surface area contributed by atoms with Crippen LogP contribution >= 0.6 is 23.2 Å². The molecule has 10 heteroatoms. The number of alkyl halides is 3. The Kier molecular flexibility index (Phi) is 5.40. The van der Waals surface area contributed by atoms with Crippen LogP contribution in [0.3, 0.4) is 0 Å². The SMILES string of the molecule is CC1CCCCN1C(=O)c1cc2nc(-c3ccc(Cl)c(Cl)c3)cc(C(F)(F)F)n2n1. The molecule has 0 aliphatic carbocycles. The van der Waals surface area contributed by atoms with Crippen LogP contribution in [0.2, 0.25) is 10.0 Å². The Bertz CT molecular complexity index is 1130. The van der Waals surface area contributed by atoms with Crippen LogP contribution in [0.25, 0.3) is 16.9 Å². The number of amides is 1. The molecule has 0 bridgehead atoms. The fraction of sp³-hybridized carbons (Fsp3) is 0.350. The molecule has 1 aromatic carbocycles. The minimum atomic E-state index is -4.70. The average Bonchev–Trinajstić information content (AvgIpc) is 3.12. The van der Waals surface area contributed by atoms with Gasteiger partial charge in [0.1, 0.15) is 0 Å². The largest absolute Gasteiger partial charge is 0.433 e. The Balaban J connectivity index is 1.83. The van der Waals surface area contributed by atoms with Crippen LogP contribution in [0.5, 0.6) is 0 Å². The van der Waals surface area contributed by atoms with Crippen molar-refractivity contribution in [3.63, 3.8) is 0 Å². The molecule has 30 heavy (non-hydrogen) atoms. The van der Waals surface area contributed by atoms with E-state index in [9.17, 15) is 18.0 Å². The normalized spacial score (nSPS) is 17.5. The van der Waals surface area contributed by atoms with Crippen molar-refractivity contribution in [2.75, 3.05) is 6.54 Å². The lowest BCUT2D eigenvalue weighted by atomic mass is 10.0. The van der Waals surface area contributed by atoms with E-state index in [0.717, 1.165) is 25.3 Å². The van der Waals surface area contributed by atoms with E-state index in [0.29, 0.717) is 16.6 Å². The Morgan fingerprint density at radius 2 is 1.90 bits per heavy atom. The molecule has 0 radical (unpaired) electrons. The van der Waals surface area contributed by atoms with Gasteiger partial charge in [0.25, 0.3) is 5.91 Å². The molecule has 2 aromatic heterocycles. The van der Waals surface area contributed by atoms with Gasteiger partial charge in [-0.1, -0.05) is 29.3 Å². The lowest BCUT2D eigenvalue weighted by Crippen LogP contribution is -2.42. The highest BCUT2D eigenvalue weighted by molar-refractivity contribution is 6.42. The summed E-state index contributed by atoms with van der Waals surface area (Å²) in [5, 5.41) is 4.44. The molecule has 1 unspecified atom stereocenters. The maximum absolute atomic E-state index is 13.8. The van der Waals surface area contributed by atoms with Crippen LogP contribution in [0, 0.1) is 0 Å². The summed E-state index contributed by atoms with van der Waals surface area (Å²) in [6.07, 6.45) is -1.97. The smallest absolute Gasteiger partial charge is 0.335 e. The molecule has 0 spiro atoms. The second kappa shape index (κ2) is 7.74. The third kappa shape index (κ3) is 3.86. The van der Waals surface area contributed by atoms with Gasteiger partial charge >= 0.3 is 6.18 Å². The number of nitrogens with zero attached hydrogens (tertiary/aromatic N) is 4. The van der Waals surface area contributed by atoms with Crippen LogP contribution in [0.4, 0.5) is 13.2 Å². The lowest BCUT2D eigenvalue weighted by Gasteiger charge is -2.32. The van der Waals surface area contributed by atoms with Crippen molar-refractivity contribution in [3.8, 4) is 11.3 Å². The Hall–Kier alpha value is -2.32. The molecule has 1 aliphatic heterocycles. The first-order valence-electron chi connectivity index (χ1n) is 9.39. The monoisotopic (exact) mass is 456 g/mol. The topological polar surface area (TPSA) is 50.5 Å². The molecule has 1 aliphatic rings. The molecule has 0 saturated carbocycles. The molecular weight excluding hydrogens is 440 g/mol. The number of hydrogen-bond acceptors (Lipinski definition) is 3. The average molecular weight is 457 g/mol. The standard InChI is InChI=1S/C20H17Cl2F3N4O/c1-11-4-2-3-7-28(11)19(30)16-10-18-26-15(12-5-6-13(21)14(22)8-12)9-17(20(23,24)25)29(18)27-16/h5-6,8-11H,2-4,7H2,1H3. The summed E-state index contributed by atoms with van der Waals surface area (Å²) >= 11 is 11.9. The number of hydrogen-bond donors (Lipinski definition) is 0. The highest BCUT2D eigenvalue weighted by Gasteiger charge is 2.36. The number of benzene rings is 1. The first-order valence-corrected chi connectivity index (χ1v) is 10.1. The van der Waals surface area contributed by atoms with Gasteiger partial charge in [-0.25, -0.2) is 9.50 Å². The maximum atomic E-state index is 13.8. The van der Waals surface area contributed by atoms with Gasteiger partial charge in [0.05, 0.1) is 15.7 Å². The van der Waals surface area contributed by atoms with Crippen molar-refractivity contribution in [1.82, 2.24) is 19.5 Å². The molecule has 1 fully saturated rings. The lowest BCUT2D eigenvalue weighted by molar-refractivity contribution is -0.142. The van der Waals surface area contributed by atoms with Crippen LogP contribution in [-0.2, 0) is 6.18 Å². The van der Waals surface area contributed by atoms with Crippen LogP contribution in [0.15, 0.2) is 30.3 Å². The van der Waals surface area contributed by atoms with Gasteiger partial charge in [-0.3, -0.25) is 4.79 Å². The number of halogens is 5. The van der Waals surface area contributed by atoms with Crippen molar-refractivity contribution < 1.29 is 18.0 Å². The maximum Gasteiger partial charge on any atom is 0.433 e. The van der Waals surface area contributed by atoms with Crippen molar-refractivity contribution in [3.05, 3.63) is 51.8 Å². The van der Waals surface area contributed by atoms with E-state index in [2.05, 4.69) is 10.1 Å². The number of carbonyl (C=O) groups is 1. The minimum Gasteiger partial charge on any atom is -0.335 e. The highest BCUT2D eigenvalue weighted by Crippen LogP contribution is 2.34. The highest BCUT2D eigenvalue weighted by atomic mass is 35.5. The van der Waals surface area contributed by atoms with Crippen LogP contribution in [-0.4, -0.2) is 38.0 Å². The van der Waals surface area contributed by atoms with Gasteiger partial charge in [-0.15, -0.1) is 0 Å². The first-order chi connectivity index (χ1) is 14.1. The molecule has 4 rings (SSSR count). The number of rotatable bonds is 2. The van der Waals surface area contributed by atoms with Gasteiger partial charge in [0.15, 0.2) is 17.0 Å². The van der Waals surface area contributed by atoms with Gasteiger partial charge in [-0.05, 0) is 44.4 Å². The zero-order valence-corrected chi connectivity index (χ0v) is 17.4. The van der Waals surface area contributed by atoms with E-state index < -0.39 is 17.8 Å². The number of aromatic nitrogens is 3. The predicted octanol–water partition coefficient (Wildman–Crippen LogP) is 5.74. The van der Waals surface area contributed by atoms with Gasteiger partial charge in [0.2, 0.25) is 0 Å². The molecule has 158 valence electrons. The molecule has 3 aromatic rings. The quantitative estimate of drug-likeness (QED) is 0.494. The summed E-state index contributed by atoms with van der Waals surface area (Å²) in [6, 6.07) is 6.66. The molecule has 1 amide bonds. The van der Waals surface area contributed by atoms with E-state index in [1.807, 2.05) is 6.92 Å². The van der Waals surface area contributed by atoms with Crippen molar-refractivity contribution in [1.29, 1.82) is 0 Å². The second-order valence-electron chi connectivity index (χ2n) is 7.30. The number of carbonyl (C=O) groups excluding carboxylic acids is 1. The van der Waals surface area contributed by atoms with Gasteiger partial charge in [0, 0.05) is 24.2 Å². The van der Waals surface area contributed by atoms with E-state index in [1.165, 1.54) is 24.3 Å². The molecular formula is C20H17Cl2F3N4O. The molecule has 3 heterocycles. The summed E-state index contributed by atoms with van der Waals surface area (Å²) in [5.41, 5.74) is -0.735.